The topological polar surface area (TPSA) is 32.3 Å². The van der Waals surface area contributed by atoms with E-state index in [1.54, 1.807) is 5.57 Å². The molecular formula is C24H38N2O. The molecule has 1 N–H and O–H groups in total. The molecule has 3 nitrogen and oxygen atoms in total. The molecule has 150 valence electrons. The smallest absolute Gasteiger partial charge is 0.247 e. The summed E-state index contributed by atoms with van der Waals surface area (Å²) in [5.41, 5.74) is 3.95. The number of rotatable bonds is 8. The fourth-order valence-electron chi connectivity index (χ4n) is 4.51. The van der Waals surface area contributed by atoms with Gasteiger partial charge >= 0.3 is 0 Å². The number of nitrogens with zero attached hydrogens (tertiary/aromatic N) is 1. The Morgan fingerprint density at radius 1 is 1.19 bits per heavy atom. The van der Waals surface area contributed by atoms with Crippen molar-refractivity contribution < 1.29 is 4.79 Å². The molecular weight excluding hydrogens is 332 g/mol. The van der Waals surface area contributed by atoms with E-state index in [2.05, 4.69) is 42.3 Å². The van der Waals surface area contributed by atoms with E-state index in [0.29, 0.717) is 5.92 Å². The highest BCUT2D eigenvalue weighted by Gasteiger charge is 2.26. The molecule has 2 fully saturated rings. The fraction of sp³-hybridized carbons (Fsp3) is 0.708. The van der Waals surface area contributed by atoms with Crippen LogP contribution in [0.25, 0.3) is 0 Å². The standard InChI is InChI=1S/C24H38N2O/c1-3-6-19(4-2)18-25-24(27)22-11-9-20(10-12-22)17-21-13-15-26(16-14-21)23-7-5-8-23/h9,11,17,19,23H,3-8,10,12-16,18H2,1-2H3,(H,25,27). The van der Waals surface area contributed by atoms with E-state index in [1.165, 1.54) is 63.6 Å². The molecule has 0 bridgehead atoms. The summed E-state index contributed by atoms with van der Waals surface area (Å²) in [5.74, 6) is 0.756. The fourth-order valence-corrected chi connectivity index (χ4v) is 4.51. The molecule has 1 heterocycles. The number of likely N-dealkylation sites (tertiary alicyclic amines) is 1. The zero-order chi connectivity index (χ0) is 19.1. The number of piperidine rings is 1. The highest BCUT2D eigenvalue weighted by molar-refractivity contribution is 5.94. The predicted octanol–water partition coefficient (Wildman–Crippen LogP) is 5.15. The van der Waals surface area contributed by atoms with Crippen LogP contribution in [0.1, 0.15) is 78.1 Å². The molecule has 1 amide bonds. The van der Waals surface area contributed by atoms with Crippen molar-refractivity contribution in [2.75, 3.05) is 19.6 Å². The minimum atomic E-state index is 0.140. The number of nitrogens with one attached hydrogen (secondary N) is 1. The molecule has 3 rings (SSSR count). The molecule has 0 aromatic heterocycles. The first-order chi connectivity index (χ1) is 13.2. The summed E-state index contributed by atoms with van der Waals surface area (Å²) in [4.78, 5) is 15.1. The van der Waals surface area contributed by atoms with Crippen molar-refractivity contribution in [1.29, 1.82) is 0 Å². The SMILES string of the molecule is CCCC(CC)CNC(=O)C1=CC=C(C=C2CCN(C3CCC3)CC2)CC1. The first-order valence-electron chi connectivity index (χ1n) is 11.3. The van der Waals surface area contributed by atoms with Gasteiger partial charge in [-0.1, -0.05) is 56.9 Å². The van der Waals surface area contributed by atoms with Crippen LogP contribution in [0.3, 0.4) is 0 Å². The molecule has 1 saturated heterocycles. The quantitative estimate of drug-likeness (QED) is 0.641. The average molecular weight is 371 g/mol. The van der Waals surface area contributed by atoms with Crippen LogP contribution in [0, 0.1) is 5.92 Å². The van der Waals surface area contributed by atoms with Gasteiger partial charge in [0.1, 0.15) is 0 Å². The summed E-state index contributed by atoms with van der Waals surface area (Å²) in [6, 6.07) is 0.883. The van der Waals surface area contributed by atoms with Crippen molar-refractivity contribution >= 4 is 5.91 Å². The van der Waals surface area contributed by atoms with Gasteiger partial charge in [0.2, 0.25) is 5.91 Å². The van der Waals surface area contributed by atoms with E-state index in [1.807, 2.05) is 0 Å². The molecule has 1 aliphatic heterocycles. The molecule has 1 saturated carbocycles. The Hall–Kier alpha value is -1.35. The second kappa shape index (κ2) is 10.3. The third kappa shape index (κ3) is 5.81. The summed E-state index contributed by atoms with van der Waals surface area (Å²) < 4.78 is 0. The molecule has 1 unspecified atom stereocenters. The zero-order valence-electron chi connectivity index (χ0n) is 17.4. The van der Waals surface area contributed by atoms with Crippen LogP contribution in [0.2, 0.25) is 0 Å². The molecule has 0 radical (unpaired) electrons. The number of amides is 1. The normalized spacial score (nSPS) is 22.5. The summed E-state index contributed by atoms with van der Waals surface area (Å²) in [5, 5.41) is 3.15. The van der Waals surface area contributed by atoms with Crippen molar-refractivity contribution in [3.05, 3.63) is 34.9 Å². The van der Waals surface area contributed by atoms with Crippen LogP contribution >= 0.6 is 0 Å². The monoisotopic (exact) mass is 370 g/mol. The summed E-state index contributed by atoms with van der Waals surface area (Å²) in [7, 11) is 0. The third-order valence-electron chi connectivity index (χ3n) is 6.72. The van der Waals surface area contributed by atoms with Gasteiger partial charge in [0, 0.05) is 31.2 Å². The van der Waals surface area contributed by atoms with Gasteiger partial charge in [-0.05, 0) is 56.4 Å². The Morgan fingerprint density at radius 2 is 1.96 bits per heavy atom. The Labute approximate surface area is 166 Å². The number of allylic oxidation sites excluding steroid dienone is 4. The third-order valence-corrected chi connectivity index (χ3v) is 6.72. The lowest BCUT2D eigenvalue weighted by Gasteiger charge is -2.40. The Morgan fingerprint density at radius 3 is 2.52 bits per heavy atom. The second-order valence-corrected chi connectivity index (χ2v) is 8.63. The maximum atomic E-state index is 12.4. The molecule has 1 atom stereocenters. The van der Waals surface area contributed by atoms with Crippen LogP contribution in [0.4, 0.5) is 0 Å². The van der Waals surface area contributed by atoms with Crippen LogP contribution in [0.15, 0.2) is 34.9 Å². The van der Waals surface area contributed by atoms with Crippen LogP contribution in [0.5, 0.6) is 0 Å². The minimum absolute atomic E-state index is 0.140. The zero-order valence-corrected chi connectivity index (χ0v) is 17.4. The maximum absolute atomic E-state index is 12.4. The minimum Gasteiger partial charge on any atom is -0.352 e. The lowest BCUT2D eigenvalue weighted by molar-refractivity contribution is -0.117. The number of hydrogen-bond donors (Lipinski definition) is 1. The average Bonchev–Trinajstić information content (AvgIpc) is 2.65. The first-order valence-corrected chi connectivity index (χ1v) is 11.3. The predicted molar refractivity (Wildman–Crippen MR) is 114 cm³/mol. The van der Waals surface area contributed by atoms with Gasteiger partial charge in [-0.3, -0.25) is 9.69 Å². The van der Waals surface area contributed by atoms with Gasteiger partial charge in [0.15, 0.2) is 0 Å². The van der Waals surface area contributed by atoms with E-state index in [4.69, 9.17) is 0 Å². The van der Waals surface area contributed by atoms with Gasteiger partial charge in [0.05, 0.1) is 0 Å². The molecule has 27 heavy (non-hydrogen) atoms. The van der Waals surface area contributed by atoms with Gasteiger partial charge in [-0.2, -0.15) is 0 Å². The van der Waals surface area contributed by atoms with Crippen LogP contribution < -0.4 is 5.32 Å². The van der Waals surface area contributed by atoms with E-state index in [-0.39, 0.29) is 5.91 Å². The lowest BCUT2D eigenvalue weighted by Crippen LogP contribution is -2.43. The van der Waals surface area contributed by atoms with Crippen LogP contribution in [-0.2, 0) is 4.79 Å². The number of carbonyl (C=O) groups is 1. The Kier molecular flexibility index (Phi) is 7.75. The molecule has 3 aliphatic rings. The Balaban J connectivity index is 1.46. The van der Waals surface area contributed by atoms with Crippen molar-refractivity contribution in [1.82, 2.24) is 10.2 Å². The summed E-state index contributed by atoms with van der Waals surface area (Å²) in [6.45, 7) is 7.73. The van der Waals surface area contributed by atoms with Gasteiger partial charge < -0.3 is 5.32 Å². The van der Waals surface area contributed by atoms with Crippen molar-refractivity contribution in [2.24, 2.45) is 5.92 Å². The molecule has 2 aliphatic carbocycles. The number of hydrogen-bond acceptors (Lipinski definition) is 2. The molecule has 3 heteroatoms. The Bertz CT molecular complexity index is 588. The lowest BCUT2D eigenvalue weighted by atomic mass is 9.88. The highest BCUT2D eigenvalue weighted by atomic mass is 16.1. The summed E-state index contributed by atoms with van der Waals surface area (Å²) in [6.07, 6.45) is 18.7. The van der Waals surface area contributed by atoms with Gasteiger partial charge in [0.25, 0.3) is 0 Å². The first kappa shape index (κ1) is 20.4. The van der Waals surface area contributed by atoms with Crippen molar-refractivity contribution in [3.63, 3.8) is 0 Å². The van der Waals surface area contributed by atoms with E-state index < -0.39 is 0 Å². The molecule has 0 spiro atoms. The highest BCUT2D eigenvalue weighted by Crippen LogP contribution is 2.30. The van der Waals surface area contributed by atoms with Crippen LogP contribution in [-0.4, -0.2) is 36.5 Å². The molecule has 0 aromatic carbocycles. The molecule has 0 aromatic rings. The van der Waals surface area contributed by atoms with E-state index >= 15 is 0 Å². The largest absolute Gasteiger partial charge is 0.352 e. The second-order valence-electron chi connectivity index (χ2n) is 8.63. The van der Waals surface area contributed by atoms with Crippen molar-refractivity contribution in [3.8, 4) is 0 Å². The van der Waals surface area contributed by atoms with E-state index in [9.17, 15) is 4.79 Å². The van der Waals surface area contributed by atoms with Gasteiger partial charge in [-0.15, -0.1) is 0 Å². The summed E-state index contributed by atoms with van der Waals surface area (Å²) >= 11 is 0. The van der Waals surface area contributed by atoms with E-state index in [0.717, 1.165) is 37.4 Å². The van der Waals surface area contributed by atoms with Crippen molar-refractivity contribution in [2.45, 2.75) is 84.1 Å². The number of carbonyl (C=O) groups excluding carboxylic acids is 1. The maximum Gasteiger partial charge on any atom is 0.247 e. The van der Waals surface area contributed by atoms with Gasteiger partial charge in [-0.25, -0.2) is 0 Å².